The fourth-order valence-corrected chi connectivity index (χ4v) is 4.24. The highest BCUT2D eigenvalue weighted by atomic mass is 16.1. The third kappa shape index (κ3) is 3.05. The zero-order chi connectivity index (χ0) is 18.3. The minimum atomic E-state index is -0.0368. The highest BCUT2D eigenvalue weighted by Gasteiger charge is 2.32. The van der Waals surface area contributed by atoms with Gasteiger partial charge in [0, 0.05) is 25.8 Å². The van der Waals surface area contributed by atoms with Gasteiger partial charge in [-0.05, 0) is 51.3 Å². The number of hydrogen-bond donors (Lipinski definition) is 1. The second-order valence-electron chi connectivity index (χ2n) is 7.53. The summed E-state index contributed by atoms with van der Waals surface area (Å²) < 4.78 is 4.37. The quantitative estimate of drug-likeness (QED) is 0.893. The van der Waals surface area contributed by atoms with Crippen molar-refractivity contribution in [2.24, 2.45) is 7.05 Å². The topological polar surface area (TPSA) is 68.0 Å². The van der Waals surface area contributed by atoms with Crippen molar-refractivity contribution in [2.45, 2.75) is 57.7 Å². The van der Waals surface area contributed by atoms with Crippen LogP contribution in [0.25, 0.3) is 0 Å². The van der Waals surface area contributed by atoms with E-state index in [1.165, 1.54) is 31.4 Å². The van der Waals surface area contributed by atoms with Crippen molar-refractivity contribution in [1.29, 1.82) is 0 Å². The zero-order valence-electron chi connectivity index (χ0n) is 15.9. The highest BCUT2D eigenvalue weighted by Crippen LogP contribution is 2.38. The van der Waals surface area contributed by atoms with Gasteiger partial charge in [-0.3, -0.25) is 9.69 Å². The molecule has 7 nitrogen and oxygen atoms in total. The van der Waals surface area contributed by atoms with Crippen molar-refractivity contribution in [3.63, 3.8) is 0 Å². The molecule has 3 heterocycles. The van der Waals surface area contributed by atoms with Gasteiger partial charge in [-0.1, -0.05) is 6.42 Å². The first-order valence-electron chi connectivity index (χ1n) is 9.62. The van der Waals surface area contributed by atoms with E-state index in [1.807, 2.05) is 17.7 Å². The molecule has 1 atom stereocenters. The number of hydrogen-bond acceptors (Lipinski definition) is 4. The maximum atomic E-state index is 12.1. The molecule has 2 aromatic heterocycles. The van der Waals surface area contributed by atoms with Crippen LogP contribution in [0, 0.1) is 6.92 Å². The maximum Gasteiger partial charge on any atom is 0.267 e. The van der Waals surface area contributed by atoms with Gasteiger partial charge >= 0.3 is 0 Å². The molecule has 2 fully saturated rings. The summed E-state index contributed by atoms with van der Waals surface area (Å²) in [5.41, 5.74) is 1.92. The molecule has 0 radical (unpaired) electrons. The van der Waals surface area contributed by atoms with Gasteiger partial charge in [0.15, 0.2) is 0 Å². The van der Waals surface area contributed by atoms with Crippen LogP contribution in [-0.2, 0) is 13.6 Å². The molecule has 1 aliphatic carbocycles. The number of aryl methyl sites for hydroxylation is 1. The Hall–Kier alpha value is -2.15. The third-order valence-electron chi connectivity index (χ3n) is 5.77. The summed E-state index contributed by atoms with van der Waals surface area (Å²) in [5.74, 6) is 2.07. The van der Waals surface area contributed by atoms with Crippen LogP contribution >= 0.6 is 0 Å². The molecule has 1 unspecified atom stereocenters. The lowest BCUT2D eigenvalue weighted by atomic mass is 9.99. The van der Waals surface area contributed by atoms with Crippen molar-refractivity contribution in [1.82, 2.24) is 29.5 Å². The standard InChI is InChI=1S/C19H28N6O/c1-13-21-22-18(25(13)14-7-8-14)12-24-11-5-4-6-16(24)15-9-10-17(23(15)3)19(26)20-2/h9-10,14,16H,4-8,11-12H2,1-3H3,(H,20,26). The van der Waals surface area contributed by atoms with Crippen LogP contribution in [-0.4, -0.2) is 43.7 Å². The molecule has 7 heteroatoms. The van der Waals surface area contributed by atoms with E-state index >= 15 is 0 Å². The summed E-state index contributed by atoms with van der Waals surface area (Å²) in [7, 11) is 3.67. The molecule has 2 aliphatic rings. The lowest BCUT2D eigenvalue weighted by Gasteiger charge is -2.36. The fraction of sp³-hybridized carbons (Fsp3) is 0.632. The Bertz CT molecular complexity index is 803. The van der Waals surface area contributed by atoms with E-state index in [4.69, 9.17) is 0 Å². The number of rotatable bonds is 5. The number of piperidine rings is 1. The van der Waals surface area contributed by atoms with Gasteiger partial charge in [-0.15, -0.1) is 10.2 Å². The van der Waals surface area contributed by atoms with Gasteiger partial charge in [0.25, 0.3) is 5.91 Å². The normalized spacial score (nSPS) is 21.1. The first-order chi connectivity index (χ1) is 12.6. The van der Waals surface area contributed by atoms with E-state index in [2.05, 4.69) is 38.0 Å². The summed E-state index contributed by atoms with van der Waals surface area (Å²) in [6.07, 6.45) is 6.02. The van der Waals surface area contributed by atoms with Crippen LogP contribution in [0.4, 0.5) is 0 Å². The molecule has 0 aromatic carbocycles. The molecule has 1 saturated heterocycles. The number of amides is 1. The van der Waals surface area contributed by atoms with Crippen molar-refractivity contribution in [2.75, 3.05) is 13.6 Å². The summed E-state index contributed by atoms with van der Waals surface area (Å²) in [6.45, 7) is 3.93. The van der Waals surface area contributed by atoms with Gasteiger partial charge in [0.1, 0.15) is 17.3 Å². The van der Waals surface area contributed by atoms with Gasteiger partial charge in [-0.2, -0.15) is 0 Å². The predicted molar refractivity (Wildman–Crippen MR) is 98.8 cm³/mol. The van der Waals surface area contributed by atoms with E-state index in [0.717, 1.165) is 31.2 Å². The molecule has 1 N–H and O–H groups in total. The Labute approximate surface area is 154 Å². The molecular formula is C19H28N6O. The predicted octanol–water partition coefficient (Wildman–Crippen LogP) is 2.35. The molecule has 1 saturated carbocycles. The van der Waals surface area contributed by atoms with Crippen molar-refractivity contribution in [3.8, 4) is 0 Å². The third-order valence-corrected chi connectivity index (χ3v) is 5.77. The largest absolute Gasteiger partial charge is 0.354 e. The molecule has 1 aliphatic heterocycles. The van der Waals surface area contributed by atoms with E-state index in [1.54, 1.807) is 7.05 Å². The Morgan fingerprint density at radius 2 is 2.04 bits per heavy atom. The number of nitrogens with one attached hydrogen (secondary N) is 1. The Morgan fingerprint density at radius 1 is 1.23 bits per heavy atom. The SMILES string of the molecule is CNC(=O)c1ccc(C2CCCCN2Cc2nnc(C)n2C2CC2)n1C. The monoisotopic (exact) mass is 356 g/mol. The Kier molecular flexibility index (Phi) is 4.56. The maximum absolute atomic E-state index is 12.1. The Balaban J connectivity index is 1.60. The van der Waals surface area contributed by atoms with Gasteiger partial charge < -0.3 is 14.5 Å². The van der Waals surface area contributed by atoms with E-state index < -0.39 is 0 Å². The molecule has 2 aromatic rings. The van der Waals surface area contributed by atoms with E-state index in [9.17, 15) is 4.79 Å². The lowest BCUT2D eigenvalue weighted by Crippen LogP contribution is -2.35. The fourth-order valence-electron chi connectivity index (χ4n) is 4.24. The summed E-state index contributed by atoms with van der Waals surface area (Å²) in [4.78, 5) is 14.6. The molecular weight excluding hydrogens is 328 g/mol. The lowest BCUT2D eigenvalue weighted by molar-refractivity contribution is 0.0951. The first kappa shape index (κ1) is 17.3. The number of nitrogens with zero attached hydrogens (tertiary/aromatic N) is 5. The van der Waals surface area contributed by atoms with Crippen LogP contribution in [0.1, 0.15) is 72.0 Å². The van der Waals surface area contributed by atoms with Gasteiger partial charge in [0.05, 0.1) is 12.6 Å². The molecule has 140 valence electrons. The zero-order valence-corrected chi connectivity index (χ0v) is 15.9. The molecule has 4 rings (SSSR count). The van der Waals surface area contributed by atoms with Crippen LogP contribution < -0.4 is 5.32 Å². The second kappa shape index (κ2) is 6.87. The molecule has 0 bridgehead atoms. The molecule has 0 spiro atoms. The van der Waals surface area contributed by atoms with Crippen LogP contribution in [0.2, 0.25) is 0 Å². The number of aromatic nitrogens is 4. The van der Waals surface area contributed by atoms with Gasteiger partial charge in [0.2, 0.25) is 0 Å². The van der Waals surface area contributed by atoms with Crippen molar-refractivity contribution < 1.29 is 4.79 Å². The van der Waals surface area contributed by atoms with Gasteiger partial charge in [-0.25, -0.2) is 0 Å². The smallest absolute Gasteiger partial charge is 0.267 e. The Morgan fingerprint density at radius 3 is 2.77 bits per heavy atom. The summed E-state index contributed by atoms with van der Waals surface area (Å²) >= 11 is 0. The van der Waals surface area contributed by atoms with Crippen molar-refractivity contribution in [3.05, 3.63) is 35.2 Å². The molecule has 26 heavy (non-hydrogen) atoms. The number of carbonyl (C=O) groups is 1. The first-order valence-corrected chi connectivity index (χ1v) is 9.62. The molecule has 1 amide bonds. The second-order valence-corrected chi connectivity index (χ2v) is 7.53. The van der Waals surface area contributed by atoms with Crippen molar-refractivity contribution >= 4 is 5.91 Å². The number of carbonyl (C=O) groups excluding carboxylic acids is 1. The average Bonchev–Trinajstić information content (AvgIpc) is 3.32. The summed E-state index contributed by atoms with van der Waals surface area (Å²) in [6, 6.07) is 4.94. The van der Waals surface area contributed by atoms with Crippen LogP contribution in [0.5, 0.6) is 0 Å². The summed E-state index contributed by atoms with van der Waals surface area (Å²) in [5, 5.41) is 11.5. The van der Waals surface area contributed by atoms with Crippen LogP contribution in [0.3, 0.4) is 0 Å². The number of likely N-dealkylation sites (tertiary alicyclic amines) is 1. The highest BCUT2D eigenvalue weighted by molar-refractivity contribution is 5.92. The average molecular weight is 356 g/mol. The minimum Gasteiger partial charge on any atom is -0.354 e. The van der Waals surface area contributed by atoms with E-state index in [-0.39, 0.29) is 5.91 Å². The van der Waals surface area contributed by atoms with Crippen LogP contribution in [0.15, 0.2) is 12.1 Å². The minimum absolute atomic E-state index is 0.0368. The van der Waals surface area contributed by atoms with E-state index in [0.29, 0.717) is 17.8 Å².